The standard InChI is InChI=1S/C16H12F2N4O4/c17-16(18)26-10-6-5-9-12(20)11(15(24)25)14(23)22(13(9)21-10)8-3-1-7(19)2-4-8/h1-6,16H,19-20H2,(H,24,25). The van der Waals surface area contributed by atoms with Crippen molar-refractivity contribution in [3.63, 3.8) is 0 Å². The third kappa shape index (κ3) is 2.88. The lowest BCUT2D eigenvalue weighted by molar-refractivity contribution is -0.0526. The van der Waals surface area contributed by atoms with Gasteiger partial charge >= 0.3 is 12.6 Å². The van der Waals surface area contributed by atoms with Gasteiger partial charge in [-0.1, -0.05) is 0 Å². The third-order valence-electron chi connectivity index (χ3n) is 3.61. The molecule has 2 aromatic heterocycles. The van der Waals surface area contributed by atoms with E-state index in [0.29, 0.717) is 5.69 Å². The number of aromatic carboxylic acids is 1. The number of fused-ring (bicyclic) bond motifs is 1. The average Bonchev–Trinajstić information content (AvgIpc) is 2.55. The Hall–Kier alpha value is -3.69. The van der Waals surface area contributed by atoms with Crippen LogP contribution in [-0.2, 0) is 0 Å². The number of nitrogens with two attached hydrogens (primary N) is 2. The number of hydrogen-bond donors (Lipinski definition) is 3. The van der Waals surface area contributed by atoms with Gasteiger partial charge in [0, 0.05) is 17.1 Å². The Morgan fingerprint density at radius 3 is 2.38 bits per heavy atom. The molecule has 0 aliphatic heterocycles. The van der Waals surface area contributed by atoms with Gasteiger partial charge in [-0.05, 0) is 30.3 Å². The lowest BCUT2D eigenvalue weighted by atomic mass is 10.1. The fourth-order valence-electron chi connectivity index (χ4n) is 2.50. The molecule has 0 fully saturated rings. The molecule has 8 nitrogen and oxygen atoms in total. The highest BCUT2D eigenvalue weighted by Gasteiger charge is 2.22. The van der Waals surface area contributed by atoms with Crippen molar-refractivity contribution >= 4 is 28.4 Å². The SMILES string of the molecule is Nc1ccc(-n2c(=O)c(C(=O)O)c(N)c3ccc(OC(F)F)nc32)cc1. The summed E-state index contributed by atoms with van der Waals surface area (Å²) in [5.41, 5.74) is 10.0. The van der Waals surface area contributed by atoms with Crippen LogP contribution in [0.15, 0.2) is 41.2 Å². The number of alkyl halides is 2. The van der Waals surface area contributed by atoms with Crippen molar-refractivity contribution in [3.8, 4) is 11.6 Å². The Morgan fingerprint density at radius 1 is 1.15 bits per heavy atom. The molecule has 26 heavy (non-hydrogen) atoms. The molecule has 5 N–H and O–H groups in total. The van der Waals surface area contributed by atoms with Crippen LogP contribution in [0.1, 0.15) is 10.4 Å². The summed E-state index contributed by atoms with van der Waals surface area (Å²) in [4.78, 5) is 28.1. The first-order chi connectivity index (χ1) is 12.3. The van der Waals surface area contributed by atoms with E-state index in [2.05, 4.69) is 9.72 Å². The number of carbonyl (C=O) groups is 1. The molecule has 0 saturated heterocycles. The summed E-state index contributed by atoms with van der Waals surface area (Å²) in [5, 5.41) is 9.43. The normalized spacial score (nSPS) is 11.0. The van der Waals surface area contributed by atoms with Crippen LogP contribution in [0.2, 0.25) is 0 Å². The summed E-state index contributed by atoms with van der Waals surface area (Å²) < 4.78 is 30.1. The minimum Gasteiger partial charge on any atom is -0.477 e. The summed E-state index contributed by atoms with van der Waals surface area (Å²) in [5.74, 6) is -1.97. The molecule has 0 bridgehead atoms. The van der Waals surface area contributed by atoms with E-state index >= 15 is 0 Å². The van der Waals surface area contributed by atoms with Crippen LogP contribution >= 0.6 is 0 Å². The minimum atomic E-state index is -3.12. The van der Waals surface area contributed by atoms with E-state index in [1.807, 2.05) is 0 Å². The summed E-state index contributed by atoms with van der Waals surface area (Å²) in [6.45, 7) is -3.12. The predicted octanol–water partition coefficient (Wildman–Crippen LogP) is 1.85. The maximum absolute atomic E-state index is 12.7. The molecule has 10 heteroatoms. The molecule has 3 rings (SSSR count). The number of halogens is 2. The number of anilines is 2. The van der Waals surface area contributed by atoms with Crippen LogP contribution in [0.3, 0.4) is 0 Å². The number of rotatable bonds is 4. The van der Waals surface area contributed by atoms with Gasteiger partial charge in [-0.2, -0.15) is 13.8 Å². The van der Waals surface area contributed by atoms with Crippen molar-refractivity contribution in [1.82, 2.24) is 9.55 Å². The van der Waals surface area contributed by atoms with E-state index in [1.165, 1.54) is 30.3 Å². The van der Waals surface area contributed by atoms with Crippen LogP contribution in [0.4, 0.5) is 20.2 Å². The van der Waals surface area contributed by atoms with Crippen molar-refractivity contribution in [2.45, 2.75) is 6.61 Å². The molecule has 0 amide bonds. The monoisotopic (exact) mass is 362 g/mol. The number of nitrogens with zero attached hydrogens (tertiary/aromatic N) is 2. The Bertz CT molecular complexity index is 1060. The number of carboxylic acids is 1. The average molecular weight is 362 g/mol. The zero-order valence-electron chi connectivity index (χ0n) is 13.0. The zero-order valence-corrected chi connectivity index (χ0v) is 13.0. The second-order valence-electron chi connectivity index (χ2n) is 5.23. The van der Waals surface area contributed by atoms with E-state index in [4.69, 9.17) is 11.5 Å². The van der Waals surface area contributed by atoms with E-state index in [9.17, 15) is 23.5 Å². The summed E-state index contributed by atoms with van der Waals surface area (Å²) in [7, 11) is 0. The van der Waals surface area contributed by atoms with Gasteiger partial charge in [-0.25, -0.2) is 4.79 Å². The first-order valence-corrected chi connectivity index (χ1v) is 7.19. The molecule has 0 unspecified atom stereocenters. The first-order valence-electron chi connectivity index (χ1n) is 7.19. The van der Waals surface area contributed by atoms with Gasteiger partial charge in [0.15, 0.2) is 5.65 Å². The molecule has 0 aliphatic rings. The highest BCUT2D eigenvalue weighted by atomic mass is 19.3. The fourth-order valence-corrected chi connectivity index (χ4v) is 2.50. The molecule has 0 atom stereocenters. The van der Waals surface area contributed by atoms with Gasteiger partial charge in [0.1, 0.15) is 5.56 Å². The second kappa shape index (κ2) is 6.31. The molecule has 0 aliphatic carbocycles. The maximum Gasteiger partial charge on any atom is 0.388 e. The van der Waals surface area contributed by atoms with Crippen LogP contribution in [-0.4, -0.2) is 27.2 Å². The van der Waals surface area contributed by atoms with Gasteiger partial charge in [0.2, 0.25) is 5.88 Å². The number of ether oxygens (including phenoxy) is 1. The lowest BCUT2D eigenvalue weighted by Crippen LogP contribution is -2.28. The quantitative estimate of drug-likeness (QED) is 0.603. The molecular weight excluding hydrogens is 350 g/mol. The Labute approximate surface area is 144 Å². The van der Waals surface area contributed by atoms with Gasteiger partial charge in [0.25, 0.3) is 5.56 Å². The lowest BCUT2D eigenvalue weighted by Gasteiger charge is -2.14. The first kappa shape index (κ1) is 17.1. The smallest absolute Gasteiger partial charge is 0.388 e. The third-order valence-corrected chi connectivity index (χ3v) is 3.61. The van der Waals surface area contributed by atoms with Crippen LogP contribution in [0.25, 0.3) is 16.7 Å². The topological polar surface area (TPSA) is 133 Å². The number of pyridine rings is 2. The number of carboxylic acid groups (broad SMARTS) is 1. The van der Waals surface area contributed by atoms with Gasteiger partial charge in [0.05, 0.1) is 11.4 Å². The van der Waals surface area contributed by atoms with Crippen molar-refractivity contribution in [2.24, 2.45) is 0 Å². The fraction of sp³-hybridized carbons (Fsp3) is 0.0625. The minimum absolute atomic E-state index is 0.0976. The molecule has 0 spiro atoms. The Morgan fingerprint density at radius 2 is 1.81 bits per heavy atom. The zero-order chi connectivity index (χ0) is 19.0. The number of benzene rings is 1. The van der Waals surface area contributed by atoms with Gasteiger partial charge in [-0.15, -0.1) is 0 Å². The molecule has 134 valence electrons. The largest absolute Gasteiger partial charge is 0.477 e. The van der Waals surface area contributed by atoms with Crippen molar-refractivity contribution < 1.29 is 23.4 Å². The van der Waals surface area contributed by atoms with Crippen molar-refractivity contribution in [3.05, 3.63) is 52.3 Å². The molecule has 3 aromatic rings. The Kier molecular flexibility index (Phi) is 4.16. The predicted molar refractivity (Wildman–Crippen MR) is 89.8 cm³/mol. The van der Waals surface area contributed by atoms with E-state index in [-0.39, 0.29) is 22.4 Å². The van der Waals surface area contributed by atoms with Crippen LogP contribution < -0.4 is 21.8 Å². The van der Waals surface area contributed by atoms with Crippen LogP contribution in [0.5, 0.6) is 5.88 Å². The van der Waals surface area contributed by atoms with Crippen molar-refractivity contribution in [1.29, 1.82) is 0 Å². The molecule has 0 radical (unpaired) electrons. The molecule has 0 saturated carbocycles. The highest BCUT2D eigenvalue weighted by Crippen LogP contribution is 2.26. The number of hydrogen-bond acceptors (Lipinski definition) is 6. The van der Waals surface area contributed by atoms with Gasteiger partial charge in [-0.3, -0.25) is 9.36 Å². The van der Waals surface area contributed by atoms with E-state index < -0.39 is 29.6 Å². The van der Waals surface area contributed by atoms with Crippen LogP contribution in [0, 0.1) is 0 Å². The summed E-state index contributed by atoms with van der Waals surface area (Å²) >= 11 is 0. The highest BCUT2D eigenvalue weighted by molar-refractivity contribution is 6.03. The summed E-state index contributed by atoms with van der Waals surface area (Å²) in [6, 6.07) is 8.26. The second-order valence-corrected chi connectivity index (χ2v) is 5.23. The maximum atomic E-state index is 12.7. The van der Waals surface area contributed by atoms with E-state index in [0.717, 1.165) is 10.6 Å². The molecule has 2 heterocycles. The van der Waals surface area contributed by atoms with Crippen molar-refractivity contribution in [2.75, 3.05) is 11.5 Å². The van der Waals surface area contributed by atoms with Gasteiger partial charge < -0.3 is 21.3 Å². The summed E-state index contributed by atoms with van der Waals surface area (Å²) in [6.07, 6.45) is 0. The number of nitrogen functional groups attached to an aromatic ring is 2. The molecular formula is C16H12F2N4O4. The molecule has 1 aromatic carbocycles. The number of aromatic nitrogens is 2. The Balaban J connectivity index is 2.42. The van der Waals surface area contributed by atoms with E-state index in [1.54, 1.807) is 0 Å².